The molecule has 0 bridgehead atoms. The Labute approximate surface area is 104 Å². The summed E-state index contributed by atoms with van der Waals surface area (Å²) in [6, 6.07) is 4.94. The molecule has 84 valence electrons. The van der Waals surface area contributed by atoms with Crippen LogP contribution in [0.4, 0.5) is 4.39 Å². The minimum absolute atomic E-state index is 0.161. The SMILES string of the molecule is CCCCC[C@@H](N)c1cc(I)ccc1F. The normalized spacial score (nSPS) is 12.8. The van der Waals surface area contributed by atoms with Crippen molar-refractivity contribution >= 4 is 22.6 Å². The first-order valence-corrected chi connectivity index (χ1v) is 6.43. The number of unbranched alkanes of at least 4 members (excludes halogenated alkanes) is 2. The van der Waals surface area contributed by atoms with Gasteiger partial charge in [0.25, 0.3) is 0 Å². The van der Waals surface area contributed by atoms with Crippen molar-refractivity contribution in [2.75, 3.05) is 0 Å². The standard InChI is InChI=1S/C12H17FIN/c1-2-3-4-5-12(15)10-8-9(14)6-7-11(10)13/h6-8,12H,2-5,15H2,1H3/t12-/m1/s1. The van der Waals surface area contributed by atoms with Crippen LogP contribution in [0.3, 0.4) is 0 Å². The van der Waals surface area contributed by atoms with Crippen LogP contribution in [0.5, 0.6) is 0 Å². The van der Waals surface area contributed by atoms with Crippen LogP contribution in [0, 0.1) is 9.39 Å². The van der Waals surface area contributed by atoms with Gasteiger partial charge in [0.15, 0.2) is 0 Å². The number of benzene rings is 1. The lowest BCUT2D eigenvalue weighted by Gasteiger charge is -2.12. The second-order valence-electron chi connectivity index (χ2n) is 3.77. The van der Waals surface area contributed by atoms with Crippen LogP contribution < -0.4 is 5.73 Å². The Balaban J connectivity index is 2.64. The average molecular weight is 321 g/mol. The van der Waals surface area contributed by atoms with Gasteiger partial charge in [-0.1, -0.05) is 26.2 Å². The van der Waals surface area contributed by atoms with Crippen molar-refractivity contribution in [3.8, 4) is 0 Å². The molecule has 0 aromatic heterocycles. The number of hydrogen-bond acceptors (Lipinski definition) is 1. The molecule has 1 aromatic carbocycles. The number of nitrogens with two attached hydrogens (primary N) is 1. The van der Waals surface area contributed by atoms with E-state index in [9.17, 15) is 4.39 Å². The van der Waals surface area contributed by atoms with Gasteiger partial charge < -0.3 is 5.73 Å². The van der Waals surface area contributed by atoms with Gasteiger partial charge in [-0.25, -0.2) is 4.39 Å². The van der Waals surface area contributed by atoms with Crippen LogP contribution in [0.25, 0.3) is 0 Å². The topological polar surface area (TPSA) is 26.0 Å². The molecule has 1 nitrogen and oxygen atoms in total. The molecule has 1 aromatic rings. The Morgan fingerprint density at radius 1 is 1.40 bits per heavy atom. The summed E-state index contributed by atoms with van der Waals surface area (Å²) >= 11 is 2.18. The van der Waals surface area contributed by atoms with E-state index in [1.54, 1.807) is 6.07 Å². The van der Waals surface area contributed by atoms with E-state index >= 15 is 0 Å². The smallest absolute Gasteiger partial charge is 0.128 e. The molecule has 0 aliphatic carbocycles. The van der Waals surface area contributed by atoms with Crippen LogP contribution in [0.2, 0.25) is 0 Å². The van der Waals surface area contributed by atoms with Crippen molar-refractivity contribution in [3.05, 3.63) is 33.1 Å². The zero-order valence-corrected chi connectivity index (χ0v) is 11.1. The Morgan fingerprint density at radius 2 is 2.13 bits per heavy atom. The molecule has 0 aliphatic heterocycles. The average Bonchev–Trinajstić information content (AvgIpc) is 2.22. The third-order valence-corrected chi connectivity index (χ3v) is 3.15. The molecule has 1 rings (SSSR count). The fourth-order valence-corrected chi connectivity index (χ4v) is 2.08. The Morgan fingerprint density at radius 3 is 2.80 bits per heavy atom. The maximum absolute atomic E-state index is 13.4. The highest BCUT2D eigenvalue weighted by Crippen LogP contribution is 2.22. The first-order chi connectivity index (χ1) is 7.15. The zero-order chi connectivity index (χ0) is 11.3. The van der Waals surface area contributed by atoms with Crippen LogP contribution in [-0.4, -0.2) is 0 Å². The van der Waals surface area contributed by atoms with Crippen molar-refractivity contribution in [2.24, 2.45) is 5.73 Å². The fourth-order valence-electron chi connectivity index (χ4n) is 1.57. The van der Waals surface area contributed by atoms with Crippen LogP contribution in [0.1, 0.15) is 44.2 Å². The van der Waals surface area contributed by atoms with Gasteiger partial charge in [-0.3, -0.25) is 0 Å². The molecule has 0 radical (unpaired) electrons. The molecule has 0 amide bonds. The van der Waals surface area contributed by atoms with E-state index in [1.165, 1.54) is 18.9 Å². The molecule has 0 saturated carbocycles. The lowest BCUT2D eigenvalue weighted by molar-refractivity contribution is 0.538. The third-order valence-electron chi connectivity index (χ3n) is 2.48. The van der Waals surface area contributed by atoms with E-state index in [0.29, 0.717) is 5.56 Å². The lowest BCUT2D eigenvalue weighted by atomic mass is 10.0. The molecule has 0 saturated heterocycles. The molecule has 1 atom stereocenters. The molecule has 0 fully saturated rings. The molecular formula is C12H17FIN. The Kier molecular flexibility index (Phi) is 5.53. The highest BCUT2D eigenvalue weighted by molar-refractivity contribution is 14.1. The first kappa shape index (κ1) is 12.9. The second kappa shape index (κ2) is 6.43. The molecule has 2 N–H and O–H groups in total. The number of hydrogen-bond donors (Lipinski definition) is 1. The van der Waals surface area contributed by atoms with Crippen molar-refractivity contribution in [3.63, 3.8) is 0 Å². The van der Waals surface area contributed by atoms with E-state index in [1.807, 2.05) is 6.07 Å². The van der Waals surface area contributed by atoms with Crippen molar-refractivity contribution in [2.45, 2.75) is 38.6 Å². The predicted molar refractivity (Wildman–Crippen MR) is 70.2 cm³/mol. The molecule has 0 unspecified atom stereocenters. The minimum atomic E-state index is -0.181. The minimum Gasteiger partial charge on any atom is -0.324 e. The van der Waals surface area contributed by atoms with Gasteiger partial charge in [0.1, 0.15) is 5.82 Å². The van der Waals surface area contributed by atoms with Gasteiger partial charge in [0.05, 0.1) is 0 Å². The van der Waals surface area contributed by atoms with Gasteiger partial charge in [0, 0.05) is 15.2 Å². The van der Waals surface area contributed by atoms with Gasteiger partial charge in [-0.15, -0.1) is 0 Å². The van der Waals surface area contributed by atoms with Crippen LogP contribution >= 0.6 is 22.6 Å². The predicted octanol–water partition coefficient (Wildman–Crippen LogP) is 4.01. The van der Waals surface area contributed by atoms with Crippen LogP contribution in [0.15, 0.2) is 18.2 Å². The quantitative estimate of drug-likeness (QED) is 0.643. The van der Waals surface area contributed by atoms with Gasteiger partial charge in [-0.2, -0.15) is 0 Å². The lowest BCUT2D eigenvalue weighted by Crippen LogP contribution is -2.12. The molecule has 3 heteroatoms. The highest BCUT2D eigenvalue weighted by Gasteiger charge is 2.11. The second-order valence-corrected chi connectivity index (χ2v) is 5.01. The Bertz CT molecular complexity index is 314. The van der Waals surface area contributed by atoms with Gasteiger partial charge in [-0.05, 0) is 47.2 Å². The highest BCUT2D eigenvalue weighted by atomic mass is 127. The Hall–Kier alpha value is -0.160. The zero-order valence-electron chi connectivity index (χ0n) is 8.97. The van der Waals surface area contributed by atoms with Gasteiger partial charge >= 0.3 is 0 Å². The van der Waals surface area contributed by atoms with Gasteiger partial charge in [0.2, 0.25) is 0 Å². The maximum atomic E-state index is 13.4. The monoisotopic (exact) mass is 321 g/mol. The summed E-state index contributed by atoms with van der Waals surface area (Å²) in [5.41, 5.74) is 6.61. The van der Waals surface area contributed by atoms with Crippen molar-refractivity contribution in [1.82, 2.24) is 0 Å². The van der Waals surface area contributed by atoms with Crippen molar-refractivity contribution in [1.29, 1.82) is 0 Å². The molecule has 0 heterocycles. The number of halogens is 2. The molecule has 0 spiro atoms. The molecular weight excluding hydrogens is 304 g/mol. The van der Waals surface area contributed by atoms with E-state index in [2.05, 4.69) is 29.5 Å². The molecule has 0 aliphatic rings. The van der Waals surface area contributed by atoms with Crippen LogP contribution in [-0.2, 0) is 0 Å². The fraction of sp³-hybridized carbons (Fsp3) is 0.500. The third kappa shape index (κ3) is 4.07. The summed E-state index contributed by atoms with van der Waals surface area (Å²) in [6.45, 7) is 2.15. The summed E-state index contributed by atoms with van der Waals surface area (Å²) in [5, 5.41) is 0. The van der Waals surface area contributed by atoms with E-state index in [0.717, 1.165) is 16.4 Å². The van der Waals surface area contributed by atoms with Crippen molar-refractivity contribution < 1.29 is 4.39 Å². The maximum Gasteiger partial charge on any atom is 0.128 e. The van der Waals surface area contributed by atoms with E-state index in [-0.39, 0.29) is 11.9 Å². The summed E-state index contributed by atoms with van der Waals surface area (Å²) in [4.78, 5) is 0. The summed E-state index contributed by atoms with van der Waals surface area (Å²) in [6.07, 6.45) is 4.27. The van der Waals surface area contributed by atoms with E-state index in [4.69, 9.17) is 5.73 Å². The first-order valence-electron chi connectivity index (χ1n) is 5.35. The molecule has 15 heavy (non-hydrogen) atoms. The summed E-state index contributed by atoms with van der Waals surface area (Å²) in [5.74, 6) is -0.181. The summed E-state index contributed by atoms with van der Waals surface area (Å²) < 4.78 is 14.5. The number of rotatable bonds is 5. The van der Waals surface area contributed by atoms with E-state index < -0.39 is 0 Å². The summed E-state index contributed by atoms with van der Waals surface area (Å²) in [7, 11) is 0. The largest absolute Gasteiger partial charge is 0.324 e.